The van der Waals surface area contributed by atoms with Crippen molar-refractivity contribution in [3.8, 4) is 0 Å². The quantitative estimate of drug-likeness (QED) is 0.513. The van der Waals surface area contributed by atoms with Gasteiger partial charge in [-0.15, -0.1) is 12.4 Å². The van der Waals surface area contributed by atoms with Crippen molar-refractivity contribution in [3.05, 3.63) is 35.1 Å². The Hall–Kier alpha value is -1.09. The fraction of sp³-hybridized carbons (Fsp3) is 0.125. The lowest BCUT2D eigenvalue weighted by Crippen LogP contribution is -2.11. The third kappa shape index (κ3) is 2.51. The molecule has 1 rings (SSSR count). The van der Waals surface area contributed by atoms with Crippen molar-refractivity contribution >= 4 is 18.2 Å². The molecule has 4 heteroatoms. The lowest BCUT2D eigenvalue weighted by atomic mass is 10.1. The minimum absolute atomic E-state index is 0. The van der Waals surface area contributed by atoms with Crippen LogP contribution >= 0.6 is 12.4 Å². The van der Waals surface area contributed by atoms with Crippen LogP contribution in [0.1, 0.15) is 11.1 Å². The topological polar surface area (TPSA) is 49.9 Å². The largest absolute Gasteiger partial charge is 0.384 e. The predicted octanol–water partition coefficient (Wildman–Crippen LogP) is 1.84. The summed E-state index contributed by atoms with van der Waals surface area (Å²) in [5.74, 6) is -0.456. The number of benzene rings is 1. The fourth-order valence-corrected chi connectivity index (χ4v) is 0.892. The summed E-state index contributed by atoms with van der Waals surface area (Å²) < 4.78 is 12.6. The van der Waals surface area contributed by atoms with Gasteiger partial charge in [0.15, 0.2) is 0 Å². The van der Waals surface area contributed by atoms with Crippen LogP contribution in [-0.4, -0.2) is 5.84 Å². The van der Waals surface area contributed by atoms with Gasteiger partial charge in [0, 0.05) is 5.56 Å². The van der Waals surface area contributed by atoms with E-state index in [2.05, 4.69) is 0 Å². The van der Waals surface area contributed by atoms with Crippen LogP contribution in [0.15, 0.2) is 18.2 Å². The Bertz CT molecular complexity index is 279. The molecule has 0 saturated heterocycles. The summed E-state index contributed by atoms with van der Waals surface area (Å²) in [6.07, 6.45) is 0. The van der Waals surface area contributed by atoms with Crippen molar-refractivity contribution in [2.45, 2.75) is 6.92 Å². The second-order valence-corrected chi connectivity index (χ2v) is 2.43. The summed E-state index contributed by atoms with van der Waals surface area (Å²) in [6.45, 7) is 1.76. The lowest BCUT2D eigenvalue weighted by Gasteiger charge is -1.99. The van der Waals surface area contributed by atoms with Crippen LogP contribution in [0.25, 0.3) is 0 Å². The van der Waals surface area contributed by atoms with Crippen LogP contribution in [-0.2, 0) is 0 Å². The van der Waals surface area contributed by atoms with Gasteiger partial charge in [-0.25, -0.2) is 4.39 Å². The Morgan fingerprint density at radius 2 is 2.00 bits per heavy atom. The van der Waals surface area contributed by atoms with Gasteiger partial charge in [-0.2, -0.15) is 0 Å². The first kappa shape index (κ1) is 10.9. The van der Waals surface area contributed by atoms with Gasteiger partial charge in [-0.05, 0) is 30.7 Å². The molecule has 0 heterocycles. The van der Waals surface area contributed by atoms with Crippen molar-refractivity contribution < 1.29 is 4.39 Å². The first-order valence-corrected chi connectivity index (χ1v) is 3.21. The van der Waals surface area contributed by atoms with Crippen molar-refractivity contribution in [1.29, 1.82) is 5.41 Å². The summed E-state index contributed by atoms with van der Waals surface area (Å²) in [5, 5.41) is 7.04. The highest BCUT2D eigenvalue weighted by Crippen LogP contribution is 2.06. The molecule has 0 bridgehead atoms. The average molecular weight is 189 g/mol. The Labute approximate surface area is 76.5 Å². The van der Waals surface area contributed by atoms with Crippen molar-refractivity contribution in [3.63, 3.8) is 0 Å². The van der Waals surface area contributed by atoms with E-state index in [1.165, 1.54) is 12.1 Å². The first-order chi connectivity index (χ1) is 5.09. The fourth-order valence-electron chi connectivity index (χ4n) is 0.892. The van der Waals surface area contributed by atoms with Gasteiger partial charge in [0.2, 0.25) is 0 Å². The smallest absolute Gasteiger partial charge is 0.124 e. The molecule has 0 radical (unpaired) electrons. The number of halogens is 2. The second kappa shape index (κ2) is 4.07. The van der Waals surface area contributed by atoms with Crippen LogP contribution in [0.4, 0.5) is 4.39 Å². The average Bonchev–Trinajstić information content (AvgIpc) is 1.85. The highest BCUT2D eigenvalue weighted by Gasteiger charge is 1.99. The van der Waals surface area contributed by atoms with E-state index in [9.17, 15) is 4.39 Å². The zero-order valence-electron chi connectivity index (χ0n) is 6.60. The number of amidine groups is 1. The van der Waals surface area contributed by atoms with Crippen LogP contribution < -0.4 is 5.73 Å². The molecule has 2 nitrogen and oxygen atoms in total. The van der Waals surface area contributed by atoms with Crippen molar-refractivity contribution in [1.82, 2.24) is 0 Å². The maximum atomic E-state index is 12.6. The third-order valence-corrected chi connectivity index (χ3v) is 1.35. The molecule has 0 saturated carbocycles. The van der Waals surface area contributed by atoms with Crippen LogP contribution in [0.2, 0.25) is 0 Å². The maximum Gasteiger partial charge on any atom is 0.124 e. The molecule has 0 fully saturated rings. The summed E-state index contributed by atoms with van der Waals surface area (Å²) >= 11 is 0. The number of hydrogen-bond acceptors (Lipinski definition) is 1. The normalized spacial score (nSPS) is 8.83. The van der Waals surface area contributed by atoms with E-state index < -0.39 is 0 Å². The molecule has 0 aliphatic heterocycles. The van der Waals surface area contributed by atoms with E-state index in [1.807, 2.05) is 0 Å². The number of rotatable bonds is 1. The number of nitrogens with one attached hydrogen (secondary N) is 1. The summed E-state index contributed by atoms with van der Waals surface area (Å²) in [7, 11) is 0. The Kier molecular flexibility index (Phi) is 3.70. The SMILES string of the molecule is Cc1cc(F)cc(C(=N)N)c1.Cl. The molecule has 0 unspecified atom stereocenters. The molecule has 0 aromatic heterocycles. The van der Waals surface area contributed by atoms with Gasteiger partial charge >= 0.3 is 0 Å². The van der Waals surface area contributed by atoms with Crippen LogP contribution in [0.3, 0.4) is 0 Å². The maximum absolute atomic E-state index is 12.6. The Morgan fingerprint density at radius 3 is 2.42 bits per heavy atom. The van der Waals surface area contributed by atoms with E-state index >= 15 is 0 Å². The number of hydrogen-bond donors (Lipinski definition) is 2. The minimum atomic E-state index is -0.352. The van der Waals surface area contributed by atoms with Gasteiger partial charge in [0.1, 0.15) is 11.7 Å². The molecule has 0 aliphatic rings. The predicted molar refractivity (Wildman–Crippen MR) is 49.4 cm³/mol. The highest BCUT2D eigenvalue weighted by atomic mass is 35.5. The Morgan fingerprint density at radius 1 is 1.42 bits per heavy atom. The van der Waals surface area contributed by atoms with Crippen LogP contribution in [0, 0.1) is 18.2 Å². The minimum Gasteiger partial charge on any atom is -0.384 e. The molecule has 0 amide bonds. The van der Waals surface area contributed by atoms with E-state index in [4.69, 9.17) is 11.1 Å². The zero-order valence-corrected chi connectivity index (χ0v) is 7.41. The van der Waals surface area contributed by atoms with E-state index in [0.29, 0.717) is 5.56 Å². The van der Waals surface area contributed by atoms with E-state index in [1.54, 1.807) is 13.0 Å². The monoisotopic (exact) mass is 188 g/mol. The Balaban J connectivity index is 0.00000121. The first-order valence-electron chi connectivity index (χ1n) is 3.21. The number of nitrogen functional groups attached to an aromatic ring is 1. The standard InChI is InChI=1S/C8H9FN2.ClH/c1-5-2-6(8(10)11)4-7(9)3-5;/h2-4H,1H3,(H3,10,11);1H. The number of aryl methyl sites for hydroxylation is 1. The zero-order chi connectivity index (χ0) is 8.43. The summed E-state index contributed by atoms with van der Waals surface area (Å²) in [5.41, 5.74) is 6.37. The molecule has 0 aliphatic carbocycles. The molecule has 66 valence electrons. The molecule has 0 spiro atoms. The van der Waals surface area contributed by atoms with Gasteiger partial charge in [0.25, 0.3) is 0 Å². The molecular formula is C8H10ClFN2. The number of nitrogens with two attached hydrogens (primary N) is 1. The highest BCUT2D eigenvalue weighted by molar-refractivity contribution is 5.95. The van der Waals surface area contributed by atoms with Crippen LogP contribution in [0.5, 0.6) is 0 Å². The van der Waals surface area contributed by atoms with E-state index in [-0.39, 0.29) is 24.1 Å². The molecule has 3 N–H and O–H groups in total. The second-order valence-electron chi connectivity index (χ2n) is 2.43. The summed E-state index contributed by atoms with van der Waals surface area (Å²) in [4.78, 5) is 0. The van der Waals surface area contributed by atoms with Gasteiger partial charge in [-0.1, -0.05) is 0 Å². The molecular weight excluding hydrogens is 179 g/mol. The lowest BCUT2D eigenvalue weighted by molar-refractivity contribution is 0.626. The van der Waals surface area contributed by atoms with Gasteiger partial charge in [-0.3, -0.25) is 5.41 Å². The van der Waals surface area contributed by atoms with Gasteiger partial charge in [0.05, 0.1) is 0 Å². The molecule has 12 heavy (non-hydrogen) atoms. The molecule has 0 atom stereocenters. The van der Waals surface area contributed by atoms with Crippen molar-refractivity contribution in [2.24, 2.45) is 5.73 Å². The summed E-state index contributed by atoms with van der Waals surface area (Å²) in [6, 6.07) is 4.31. The van der Waals surface area contributed by atoms with Gasteiger partial charge < -0.3 is 5.73 Å². The third-order valence-electron chi connectivity index (χ3n) is 1.35. The van der Waals surface area contributed by atoms with Crippen molar-refractivity contribution in [2.75, 3.05) is 0 Å². The molecule has 1 aromatic carbocycles. The molecule has 1 aromatic rings. The van der Waals surface area contributed by atoms with E-state index in [0.717, 1.165) is 5.56 Å².